The number of nitrogens with one attached hydrogen (secondary N) is 1. The van der Waals surface area contributed by atoms with Crippen LogP contribution in [0.25, 0.3) is 0 Å². The molecule has 1 aromatic carbocycles. The second-order valence-corrected chi connectivity index (χ2v) is 9.32. The van der Waals surface area contributed by atoms with Crippen molar-refractivity contribution in [1.82, 2.24) is 9.97 Å². The predicted octanol–water partition coefficient (Wildman–Crippen LogP) is 7.59. The zero-order valence-corrected chi connectivity index (χ0v) is 21.2. The predicted molar refractivity (Wildman–Crippen MR) is 144 cm³/mol. The van der Waals surface area contributed by atoms with Gasteiger partial charge >= 0.3 is 0 Å². The molecule has 2 rings (SSSR count). The summed E-state index contributed by atoms with van der Waals surface area (Å²) in [7, 11) is 2.02. The summed E-state index contributed by atoms with van der Waals surface area (Å²) in [5.74, 6) is 1.52. The number of nitrogen functional groups attached to an aromatic ring is 1. The van der Waals surface area contributed by atoms with Gasteiger partial charge in [-0.25, -0.2) is 9.97 Å². The highest BCUT2D eigenvalue weighted by Crippen LogP contribution is 2.26. The van der Waals surface area contributed by atoms with Crippen molar-refractivity contribution in [2.24, 2.45) is 0 Å². The van der Waals surface area contributed by atoms with E-state index in [0.29, 0.717) is 5.69 Å². The van der Waals surface area contributed by atoms with Crippen molar-refractivity contribution >= 4 is 17.3 Å². The number of benzene rings is 1. The molecule has 0 amide bonds. The van der Waals surface area contributed by atoms with Gasteiger partial charge < -0.3 is 16.0 Å². The molecule has 0 aliphatic carbocycles. The van der Waals surface area contributed by atoms with Gasteiger partial charge in [0.15, 0.2) is 11.6 Å². The zero-order valence-electron chi connectivity index (χ0n) is 21.2. The summed E-state index contributed by atoms with van der Waals surface area (Å²) in [6, 6.07) is 10.4. The Balaban J connectivity index is 1.52. The standard InChI is InChI=1S/C28H47N5/c1-3-4-5-6-7-8-9-10-11-12-13-14-15-19-22-30-27-26(29)28(32-24-31-27)33(2)23-25-20-17-16-18-21-25/h16-18,20-21,24H,3-15,19,22-23,29H2,1-2H3,(H,30,31,32). The van der Waals surface area contributed by atoms with Crippen molar-refractivity contribution in [2.45, 2.75) is 103 Å². The van der Waals surface area contributed by atoms with Crippen LogP contribution in [0, 0.1) is 0 Å². The fourth-order valence-corrected chi connectivity index (χ4v) is 4.29. The molecule has 2 aromatic rings. The van der Waals surface area contributed by atoms with Gasteiger partial charge in [-0.05, 0) is 12.0 Å². The molecule has 1 aromatic heterocycles. The first-order chi connectivity index (χ1) is 16.2. The van der Waals surface area contributed by atoms with Gasteiger partial charge in [0.1, 0.15) is 12.0 Å². The maximum Gasteiger partial charge on any atom is 0.157 e. The van der Waals surface area contributed by atoms with Gasteiger partial charge in [0.05, 0.1) is 0 Å². The van der Waals surface area contributed by atoms with Crippen LogP contribution in [-0.4, -0.2) is 23.6 Å². The molecular weight excluding hydrogens is 406 g/mol. The van der Waals surface area contributed by atoms with Crippen LogP contribution in [0.4, 0.5) is 17.3 Å². The summed E-state index contributed by atoms with van der Waals surface area (Å²) in [5.41, 5.74) is 8.23. The third-order valence-corrected chi connectivity index (χ3v) is 6.31. The molecule has 0 aliphatic heterocycles. The highest BCUT2D eigenvalue weighted by molar-refractivity contribution is 5.74. The molecule has 1 heterocycles. The second-order valence-electron chi connectivity index (χ2n) is 9.32. The van der Waals surface area contributed by atoms with Crippen molar-refractivity contribution in [2.75, 3.05) is 29.5 Å². The number of aromatic nitrogens is 2. The van der Waals surface area contributed by atoms with E-state index in [-0.39, 0.29) is 0 Å². The van der Waals surface area contributed by atoms with E-state index in [1.165, 1.54) is 89.0 Å². The van der Waals surface area contributed by atoms with Crippen molar-refractivity contribution in [1.29, 1.82) is 0 Å². The Morgan fingerprint density at radius 1 is 0.758 bits per heavy atom. The van der Waals surface area contributed by atoms with Gasteiger partial charge in [0.2, 0.25) is 0 Å². The van der Waals surface area contributed by atoms with E-state index in [9.17, 15) is 0 Å². The van der Waals surface area contributed by atoms with Crippen LogP contribution < -0.4 is 16.0 Å². The third kappa shape index (κ3) is 11.4. The zero-order chi connectivity index (χ0) is 23.6. The first kappa shape index (κ1) is 26.9. The van der Waals surface area contributed by atoms with Crippen LogP contribution in [0.2, 0.25) is 0 Å². The lowest BCUT2D eigenvalue weighted by atomic mass is 10.0. The fourth-order valence-electron chi connectivity index (χ4n) is 4.29. The number of anilines is 3. The molecule has 0 unspecified atom stereocenters. The Morgan fingerprint density at radius 3 is 1.88 bits per heavy atom. The van der Waals surface area contributed by atoms with Crippen LogP contribution >= 0.6 is 0 Å². The van der Waals surface area contributed by atoms with E-state index in [4.69, 9.17) is 5.73 Å². The molecule has 0 saturated heterocycles. The Hall–Kier alpha value is -2.30. The largest absolute Gasteiger partial charge is 0.393 e. The van der Waals surface area contributed by atoms with Crippen LogP contribution in [0.5, 0.6) is 0 Å². The van der Waals surface area contributed by atoms with Crippen LogP contribution in [0.3, 0.4) is 0 Å². The first-order valence-corrected chi connectivity index (χ1v) is 13.3. The highest BCUT2D eigenvalue weighted by Gasteiger charge is 2.12. The van der Waals surface area contributed by atoms with Crippen molar-refractivity contribution in [3.05, 3.63) is 42.2 Å². The number of unbranched alkanes of at least 4 members (excludes halogenated alkanes) is 13. The summed E-state index contributed by atoms with van der Waals surface area (Å²) in [4.78, 5) is 10.8. The monoisotopic (exact) mass is 453 g/mol. The summed E-state index contributed by atoms with van der Waals surface area (Å²) in [5, 5.41) is 3.41. The van der Waals surface area contributed by atoms with Crippen molar-refractivity contribution in [3.8, 4) is 0 Å². The number of nitrogens with two attached hydrogens (primary N) is 1. The molecule has 3 N–H and O–H groups in total. The highest BCUT2D eigenvalue weighted by atomic mass is 15.2. The minimum absolute atomic E-state index is 0.626. The van der Waals surface area contributed by atoms with Gasteiger partial charge in [-0.2, -0.15) is 0 Å². The molecule has 0 spiro atoms. The summed E-state index contributed by atoms with van der Waals surface area (Å²) < 4.78 is 0. The molecule has 0 fully saturated rings. The lowest BCUT2D eigenvalue weighted by molar-refractivity contribution is 0.537. The molecule has 0 atom stereocenters. The SMILES string of the molecule is CCCCCCCCCCCCCCCCNc1ncnc(N(C)Cc2ccccc2)c1N. The van der Waals surface area contributed by atoms with E-state index < -0.39 is 0 Å². The van der Waals surface area contributed by atoms with Crippen molar-refractivity contribution < 1.29 is 0 Å². The summed E-state index contributed by atoms with van der Waals surface area (Å²) in [6.45, 7) is 3.95. The van der Waals surface area contributed by atoms with E-state index >= 15 is 0 Å². The van der Waals surface area contributed by atoms with Gasteiger partial charge in [0, 0.05) is 20.1 Å². The van der Waals surface area contributed by atoms with E-state index in [1.807, 2.05) is 13.1 Å². The van der Waals surface area contributed by atoms with Crippen LogP contribution in [0.1, 0.15) is 102 Å². The first-order valence-electron chi connectivity index (χ1n) is 13.3. The number of nitrogens with zero attached hydrogens (tertiary/aromatic N) is 3. The number of hydrogen-bond donors (Lipinski definition) is 2. The lowest BCUT2D eigenvalue weighted by Gasteiger charge is -2.21. The maximum atomic E-state index is 6.37. The van der Waals surface area contributed by atoms with Crippen molar-refractivity contribution in [3.63, 3.8) is 0 Å². The molecule has 0 radical (unpaired) electrons. The molecule has 0 bridgehead atoms. The summed E-state index contributed by atoms with van der Waals surface area (Å²) in [6.07, 6.45) is 20.8. The normalized spacial score (nSPS) is 11.0. The Labute approximate surface area is 202 Å². The second kappa shape index (κ2) is 17.2. The topological polar surface area (TPSA) is 67.1 Å². The minimum Gasteiger partial charge on any atom is -0.393 e. The quantitative estimate of drug-likeness (QED) is 0.214. The van der Waals surface area contributed by atoms with Gasteiger partial charge in [-0.15, -0.1) is 0 Å². The Morgan fingerprint density at radius 2 is 1.30 bits per heavy atom. The molecule has 33 heavy (non-hydrogen) atoms. The van der Waals surface area contributed by atoms with Gasteiger partial charge in [-0.3, -0.25) is 0 Å². The smallest absolute Gasteiger partial charge is 0.157 e. The molecule has 0 saturated carbocycles. The minimum atomic E-state index is 0.626. The average molecular weight is 454 g/mol. The number of hydrogen-bond acceptors (Lipinski definition) is 5. The van der Waals surface area contributed by atoms with Crippen LogP contribution in [-0.2, 0) is 6.54 Å². The summed E-state index contributed by atoms with van der Waals surface area (Å²) >= 11 is 0. The van der Waals surface area contributed by atoms with E-state index in [1.54, 1.807) is 6.33 Å². The molecule has 184 valence electrons. The lowest BCUT2D eigenvalue weighted by Crippen LogP contribution is -2.20. The molecule has 5 heteroatoms. The average Bonchev–Trinajstić information content (AvgIpc) is 2.83. The third-order valence-electron chi connectivity index (χ3n) is 6.31. The van der Waals surface area contributed by atoms with Crippen LogP contribution in [0.15, 0.2) is 36.7 Å². The van der Waals surface area contributed by atoms with Gasteiger partial charge in [0.25, 0.3) is 0 Å². The fraction of sp³-hybridized carbons (Fsp3) is 0.643. The molecular formula is C28H47N5. The number of rotatable bonds is 19. The molecule has 0 aliphatic rings. The van der Waals surface area contributed by atoms with E-state index in [2.05, 4.69) is 51.4 Å². The maximum absolute atomic E-state index is 6.37. The molecule has 5 nitrogen and oxygen atoms in total. The van der Waals surface area contributed by atoms with Gasteiger partial charge in [-0.1, -0.05) is 121 Å². The Bertz CT molecular complexity index is 734. The Kier molecular flexibility index (Phi) is 14.1. The van der Waals surface area contributed by atoms with E-state index in [0.717, 1.165) is 31.1 Å².